The van der Waals surface area contributed by atoms with Gasteiger partial charge in [0.15, 0.2) is 0 Å². The van der Waals surface area contributed by atoms with E-state index in [4.69, 9.17) is 0 Å². The molecule has 1 aromatic rings. The smallest absolute Gasteiger partial charge is 0.247 e. The molecule has 1 atom stereocenters. The van der Waals surface area contributed by atoms with Gasteiger partial charge in [0.25, 0.3) is 0 Å². The lowest BCUT2D eigenvalue weighted by molar-refractivity contribution is -0.125. The normalized spacial score (nSPS) is 25.8. The number of likely N-dealkylation sites (tertiary alicyclic amines) is 1. The van der Waals surface area contributed by atoms with Gasteiger partial charge in [0.1, 0.15) is 11.7 Å². The Morgan fingerprint density at radius 2 is 1.53 bits per heavy atom. The monoisotopic (exact) mass is 439 g/mol. The molecule has 1 aromatic carbocycles. The Morgan fingerprint density at radius 3 is 2.12 bits per heavy atom. The Morgan fingerprint density at radius 1 is 0.938 bits per heavy atom. The highest BCUT2D eigenvalue weighted by molar-refractivity contribution is 5.94. The number of nitrogens with one attached hydrogen (secondary N) is 1. The third kappa shape index (κ3) is 5.16. The standard InChI is InChI=1S/C28H45N3O/c1-3-4-14-26-29-27(32)28(31(26)25-17-15-23(2)16-18-25)19-21-30(22-20-28)24-12-10-8-6-5-7-9-11-13-24/h15-18,24,26H,3-14,19-22H2,1-2H3,(H,29,32). The van der Waals surface area contributed by atoms with Gasteiger partial charge >= 0.3 is 0 Å². The maximum absolute atomic E-state index is 13.5. The Balaban J connectivity index is 1.49. The highest BCUT2D eigenvalue weighted by atomic mass is 16.2. The number of nitrogens with zero attached hydrogens (tertiary/aromatic N) is 2. The van der Waals surface area contributed by atoms with Crippen LogP contribution in [0, 0.1) is 6.92 Å². The molecule has 1 saturated carbocycles. The summed E-state index contributed by atoms with van der Waals surface area (Å²) in [4.78, 5) is 18.7. The number of aryl methyl sites for hydroxylation is 1. The van der Waals surface area contributed by atoms with E-state index in [2.05, 4.69) is 53.2 Å². The summed E-state index contributed by atoms with van der Waals surface area (Å²) in [5.74, 6) is 0.268. The summed E-state index contributed by atoms with van der Waals surface area (Å²) >= 11 is 0. The molecule has 1 spiro atoms. The summed E-state index contributed by atoms with van der Waals surface area (Å²) in [7, 11) is 0. The molecule has 4 nitrogen and oxygen atoms in total. The first-order chi connectivity index (χ1) is 15.6. The Hall–Kier alpha value is -1.55. The first-order valence-electron chi connectivity index (χ1n) is 13.5. The predicted octanol–water partition coefficient (Wildman–Crippen LogP) is 6.18. The summed E-state index contributed by atoms with van der Waals surface area (Å²) in [5, 5.41) is 3.41. The van der Waals surface area contributed by atoms with Crippen LogP contribution in [0.15, 0.2) is 24.3 Å². The van der Waals surface area contributed by atoms with Gasteiger partial charge in [0.05, 0.1) is 0 Å². The average molecular weight is 440 g/mol. The van der Waals surface area contributed by atoms with Crippen LogP contribution in [0.2, 0.25) is 0 Å². The van der Waals surface area contributed by atoms with Crippen LogP contribution in [-0.2, 0) is 4.79 Å². The van der Waals surface area contributed by atoms with Crippen molar-refractivity contribution in [3.8, 4) is 0 Å². The third-order valence-electron chi connectivity index (χ3n) is 8.35. The molecule has 0 aromatic heterocycles. The topological polar surface area (TPSA) is 35.6 Å². The molecule has 1 amide bonds. The van der Waals surface area contributed by atoms with E-state index < -0.39 is 0 Å². The highest BCUT2D eigenvalue weighted by Gasteiger charge is 2.54. The van der Waals surface area contributed by atoms with Crippen LogP contribution in [0.4, 0.5) is 5.69 Å². The van der Waals surface area contributed by atoms with Crippen LogP contribution >= 0.6 is 0 Å². The zero-order chi connectivity index (χ0) is 22.4. The third-order valence-corrected chi connectivity index (χ3v) is 8.35. The van der Waals surface area contributed by atoms with E-state index in [1.54, 1.807) is 0 Å². The van der Waals surface area contributed by atoms with Gasteiger partial charge in [0, 0.05) is 24.8 Å². The predicted molar refractivity (Wildman–Crippen MR) is 134 cm³/mol. The van der Waals surface area contributed by atoms with Gasteiger partial charge in [-0.25, -0.2) is 0 Å². The van der Waals surface area contributed by atoms with Crippen LogP contribution in [0.1, 0.15) is 102 Å². The molecule has 1 N–H and O–H groups in total. The van der Waals surface area contributed by atoms with E-state index >= 15 is 0 Å². The van der Waals surface area contributed by atoms with Crippen molar-refractivity contribution < 1.29 is 4.79 Å². The summed E-state index contributed by atoms with van der Waals surface area (Å²) in [5.41, 5.74) is 2.11. The molecule has 0 radical (unpaired) electrons. The molecule has 4 heteroatoms. The summed E-state index contributed by atoms with van der Waals surface area (Å²) < 4.78 is 0. The minimum absolute atomic E-state index is 0.130. The van der Waals surface area contributed by atoms with Crippen LogP contribution in [0.5, 0.6) is 0 Å². The number of carbonyl (C=O) groups excluding carboxylic acids is 1. The molecule has 2 saturated heterocycles. The second-order valence-corrected chi connectivity index (χ2v) is 10.6. The lowest BCUT2D eigenvalue weighted by Crippen LogP contribution is -2.58. The molecule has 1 unspecified atom stereocenters. The van der Waals surface area contributed by atoms with E-state index in [-0.39, 0.29) is 17.6 Å². The van der Waals surface area contributed by atoms with Crippen molar-refractivity contribution in [3.63, 3.8) is 0 Å². The van der Waals surface area contributed by atoms with Crippen molar-refractivity contribution in [2.75, 3.05) is 18.0 Å². The summed E-state index contributed by atoms with van der Waals surface area (Å²) in [6.45, 7) is 6.49. The fourth-order valence-corrected chi connectivity index (χ4v) is 6.37. The van der Waals surface area contributed by atoms with Crippen molar-refractivity contribution in [2.24, 2.45) is 0 Å². The second kappa shape index (κ2) is 11.0. The first kappa shape index (κ1) is 23.6. The Labute approximate surface area is 196 Å². The number of benzene rings is 1. The molecular weight excluding hydrogens is 394 g/mol. The summed E-state index contributed by atoms with van der Waals surface area (Å²) in [6, 6.07) is 9.56. The van der Waals surface area contributed by atoms with E-state index in [0.717, 1.165) is 51.2 Å². The van der Waals surface area contributed by atoms with Crippen LogP contribution in [0.25, 0.3) is 0 Å². The number of carbonyl (C=O) groups is 1. The Bertz CT molecular complexity index is 713. The second-order valence-electron chi connectivity index (χ2n) is 10.6. The van der Waals surface area contributed by atoms with Gasteiger partial charge in [-0.2, -0.15) is 0 Å². The SMILES string of the molecule is CCCCC1NC(=O)C2(CCN(C3CCCCCCCCC3)CC2)N1c1ccc(C)cc1. The molecule has 3 aliphatic rings. The van der Waals surface area contributed by atoms with E-state index in [9.17, 15) is 4.79 Å². The molecule has 4 rings (SSSR count). The molecule has 0 bridgehead atoms. The summed E-state index contributed by atoms with van der Waals surface area (Å²) in [6.07, 6.45) is 17.9. The maximum atomic E-state index is 13.5. The first-order valence-corrected chi connectivity index (χ1v) is 13.5. The largest absolute Gasteiger partial charge is 0.336 e. The quantitative estimate of drug-likeness (QED) is 0.595. The van der Waals surface area contributed by atoms with Crippen LogP contribution < -0.4 is 10.2 Å². The Kier molecular flexibility index (Phi) is 8.15. The maximum Gasteiger partial charge on any atom is 0.247 e. The number of piperidine rings is 1. The van der Waals surface area contributed by atoms with E-state index in [1.165, 1.54) is 69.0 Å². The molecule has 32 heavy (non-hydrogen) atoms. The van der Waals surface area contributed by atoms with Crippen LogP contribution in [0.3, 0.4) is 0 Å². The molecular formula is C28H45N3O. The zero-order valence-electron chi connectivity index (χ0n) is 20.6. The fraction of sp³-hybridized carbons (Fsp3) is 0.750. The number of anilines is 1. The van der Waals surface area contributed by atoms with Crippen molar-refractivity contribution >= 4 is 11.6 Å². The van der Waals surface area contributed by atoms with Gasteiger partial charge < -0.3 is 15.1 Å². The average Bonchev–Trinajstić information content (AvgIpc) is 3.08. The zero-order valence-corrected chi connectivity index (χ0v) is 20.6. The number of rotatable bonds is 5. The number of hydrogen-bond acceptors (Lipinski definition) is 3. The molecule has 178 valence electrons. The van der Waals surface area contributed by atoms with Crippen molar-refractivity contribution in [3.05, 3.63) is 29.8 Å². The van der Waals surface area contributed by atoms with Crippen LogP contribution in [-0.4, -0.2) is 41.6 Å². The minimum Gasteiger partial charge on any atom is -0.336 e. The number of unbranched alkanes of at least 4 members (excludes halogenated alkanes) is 1. The van der Waals surface area contributed by atoms with E-state index in [0.29, 0.717) is 0 Å². The van der Waals surface area contributed by atoms with Gasteiger partial charge in [-0.15, -0.1) is 0 Å². The molecule has 1 aliphatic carbocycles. The van der Waals surface area contributed by atoms with Crippen molar-refractivity contribution in [1.29, 1.82) is 0 Å². The minimum atomic E-state index is -0.375. The lowest BCUT2D eigenvalue weighted by Gasteiger charge is -2.47. The number of hydrogen-bond donors (Lipinski definition) is 1. The molecule has 2 heterocycles. The van der Waals surface area contributed by atoms with Gasteiger partial charge in [-0.3, -0.25) is 4.79 Å². The lowest BCUT2D eigenvalue weighted by atomic mass is 9.84. The van der Waals surface area contributed by atoms with Gasteiger partial charge in [-0.1, -0.05) is 76.0 Å². The molecule has 2 aliphatic heterocycles. The van der Waals surface area contributed by atoms with E-state index in [1.807, 2.05) is 0 Å². The highest BCUT2D eigenvalue weighted by Crippen LogP contribution is 2.41. The van der Waals surface area contributed by atoms with Crippen molar-refractivity contribution in [1.82, 2.24) is 10.2 Å². The van der Waals surface area contributed by atoms with Gasteiger partial charge in [-0.05, 0) is 57.6 Å². The van der Waals surface area contributed by atoms with Gasteiger partial charge in [0.2, 0.25) is 5.91 Å². The van der Waals surface area contributed by atoms with Crippen molar-refractivity contribution in [2.45, 2.75) is 121 Å². The number of amides is 1. The fourth-order valence-electron chi connectivity index (χ4n) is 6.37. The molecule has 3 fully saturated rings.